The van der Waals surface area contributed by atoms with Crippen molar-refractivity contribution in [2.24, 2.45) is 0 Å². The summed E-state index contributed by atoms with van der Waals surface area (Å²) in [6.45, 7) is 3.20. The van der Waals surface area contributed by atoms with Crippen molar-refractivity contribution in [3.8, 4) is 0 Å². The summed E-state index contributed by atoms with van der Waals surface area (Å²) in [5.74, 6) is -0.972. The molecule has 4 nitrogen and oxygen atoms in total. The number of benzene rings is 1. The molecule has 0 aliphatic carbocycles. The molecular weight excluding hydrogens is 312 g/mol. The van der Waals surface area contributed by atoms with Crippen LogP contribution in [0.2, 0.25) is 0 Å². The molecular formula is C21H22N2O2. The van der Waals surface area contributed by atoms with Gasteiger partial charge in [0.05, 0.1) is 11.4 Å². The number of aromatic nitrogens is 1. The van der Waals surface area contributed by atoms with Crippen LogP contribution in [0.1, 0.15) is 29.8 Å². The molecule has 1 aliphatic rings. The van der Waals surface area contributed by atoms with Gasteiger partial charge in [-0.1, -0.05) is 42.5 Å². The van der Waals surface area contributed by atoms with Gasteiger partial charge in [-0.25, -0.2) is 9.78 Å². The summed E-state index contributed by atoms with van der Waals surface area (Å²) in [6, 6.07) is 15.9. The molecule has 25 heavy (non-hydrogen) atoms. The number of hydrogen-bond acceptors (Lipinski definition) is 3. The van der Waals surface area contributed by atoms with Gasteiger partial charge in [0, 0.05) is 18.2 Å². The summed E-state index contributed by atoms with van der Waals surface area (Å²) in [7, 11) is 0. The van der Waals surface area contributed by atoms with Crippen LogP contribution in [0.4, 0.5) is 0 Å². The molecule has 1 aromatic heterocycles. The van der Waals surface area contributed by atoms with Gasteiger partial charge in [0.15, 0.2) is 0 Å². The molecule has 0 spiro atoms. The first-order valence-corrected chi connectivity index (χ1v) is 8.59. The molecule has 0 saturated carbocycles. The number of likely N-dealkylation sites (tertiary alicyclic amines) is 1. The molecule has 4 heteroatoms. The maximum atomic E-state index is 10.7. The molecule has 1 saturated heterocycles. The normalized spacial score (nSPS) is 15.8. The molecule has 2 aromatic rings. The third kappa shape index (κ3) is 4.88. The molecule has 0 radical (unpaired) electrons. The minimum Gasteiger partial charge on any atom is -0.478 e. The van der Waals surface area contributed by atoms with E-state index in [4.69, 9.17) is 5.11 Å². The van der Waals surface area contributed by atoms with Gasteiger partial charge in [-0.3, -0.25) is 4.90 Å². The van der Waals surface area contributed by atoms with E-state index in [0.29, 0.717) is 5.69 Å². The Labute approximate surface area is 148 Å². The molecule has 1 N–H and O–H groups in total. The Morgan fingerprint density at radius 2 is 1.84 bits per heavy atom. The Hall–Kier alpha value is -2.72. The summed E-state index contributed by atoms with van der Waals surface area (Å²) >= 11 is 0. The molecule has 0 bridgehead atoms. The first-order chi connectivity index (χ1) is 12.2. The highest BCUT2D eigenvalue weighted by atomic mass is 16.4. The van der Waals surface area contributed by atoms with Crippen LogP contribution in [0.3, 0.4) is 0 Å². The lowest BCUT2D eigenvalue weighted by atomic mass is 10.0. The van der Waals surface area contributed by atoms with E-state index in [1.54, 1.807) is 0 Å². The minimum absolute atomic E-state index is 0.642. The zero-order valence-electron chi connectivity index (χ0n) is 14.1. The first kappa shape index (κ1) is 17.1. The van der Waals surface area contributed by atoms with Crippen LogP contribution in [0.5, 0.6) is 0 Å². The van der Waals surface area contributed by atoms with Crippen molar-refractivity contribution in [1.82, 2.24) is 9.88 Å². The predicted molar refractivity (Wildman–Crippen MR) is 100 cm³/mol. The standard InChI is InChI=1S/C21H22N2O2/c24-21(25)12-11-18-9-6-10-20(22-18)19(17-7-2-1-3-8-17)13-16-23-14-4-5-15-23/h1-3,6-13H,4-5,14-16H2,(H,24,25)/b12-11+,19-13?. The lowest BCUT2D eigenvalue weighted by Gasteiger charge is -2.14. The van der Waals surface area contributed by atoms with E-state index in [2.05, 4.69) is 28.1 Å². The summed E-state index contributed by atoms with van der Waals surface area (Å²) in [4.78, 5) is 17.8. The first-order valence-electron chi connectivity index (χ1n) is 8.59. The van der Waals surface area contributed by atoms with Crippen LogP contribution in [0, 0.1) is 0 Å². The zero-order valence-corrected chi connectivity index (χ0v) is 14.1. The summed E-state index contributed by atoms with van der Waals surface area (Å²) < 4.78 is 0. The highest BCUT2D eigenvalue weighted by Gasteiger charge is 2.12. The third-order valence-electron chi connectivity index (χ3n) is 4.28. The highest BCUT2D eigenvalue weighted by molar-refractivity contribution is 5.85. The van der Waals surface area contributed by atoms with Crippen molar-refractivity contribution >= 4 is 17.6 Å². The monoisotopic (exact) mass is 334 g/mol. The van der Waals surface area contributed by atoms with Crippen molar-refractivity contribution in [3.05, 3.63) is 77.6 Å². The Morgan fingerprint density at radius 3 is 2.56 bits per heavy atom. The second-order valence-corrected chi connectivity index (χ2v) is 6.11. The number of nitrogens with zero attached hydrogens (tertiary/aromatic N) is 2. The Bertz CT molecular complexity index is 775. The molecule has 0 unspecified atom stereocenters. The molecule has 2 heterocycles. The van der Waals surface area contributed by atoms with Crippen molar-refractivity contribution in [3.63, 3.8) is 0 Å². The number of aliphatic carboxylic acids is 1. The van der Waals surface area contributed by atoms with Gasteiger partial charge in [0.25, 0.3) is 0 Å². The molecule has 0 atom stereocenters. The molecule has 0 amide bonds. The van der Waals surface area contributed by atoms with E-state index in [-0.39, 0.29) is 0 Å². The molecule has 1 fully saturated rings. The lowest BCUT2D eigenvalue weighted by molar-refractivity contribution is -0.131. The average Bonchev–Trinajstić information content (AvgIpc) is 3.15. The third-order valence-corrected chi connectivity index (χ3v) is 4.28. The SMILES string of the molecule is O=C(O)/C=C/c1cccc(C(=CCN2CCCC2)c2ccccc2)n1. The topological polar surface area (TPSA) is 53.4 Å². The fourth-order valence-corrected chi connectivity index (χ4v) is 3.02. The van der Waals surface area contributed by atoms with Crippen molar-refractivity contribution in [2.45, 2.75) is 12.8 Å². The summed E-state index contributed by atoms with van der Waals surface area (Å²) in [5.41, 5.74) is 3.70. The maximum Gasteiger partial charge on any atom is 0.328 e. The van der Waals surface area contributed by atoms with E-state index in [9.17, 15) is 4.79 Å². The van der Waals surface area contributed by atoms with E-state index >= 15 is 0 Å². The number of hydrogen-bond donors (Lipinski definition) is 1. The van der Waals surface area contributed by atoms with Crippen molar-refractivity contribution < 1.29 is 9.90 Å². The number of carboxylic acids is 1. The van der Waals surface area contributed by atoms with Crippen molar-refractivity contribution in [1.29, 1.82) is 0 Å². The second-order valence-electron chi connectivity index (χ2n) is 6.11. The van der Waals surface area contributed by atoms with Gasteiger partial charge in [0.2, 0.25) is 0 Å². The van der Waals surface area contributed by atoms with Gasteiger partial charge in [-0.15, -0.1) is 0 Å². The van der Waals surface area contributed by atoms with Crippen LogP contribution in [0.25, 0.3) is 11.6 Å². The minimum atomic E-state index is -0.972. The fraction of sp³-hybridized carbons (Fsp3) is 0.238. The van der Waals surface area contributed by atoms with E-state index < -0.39 is 5.97 Å². The second kappa shape index (κ2) is 8.40. The quantitative estimate of drug-likeness (QED) is 0.818. The predicted octanol–water partition coefficient (Wildman–Crippen LogP) is 3.71. The van der Waals surface area contributed by atoms with Gasteiger partial charge < -0.3 is 5.11 Å². The van der Waals surface area contributed by atoms with E-state index in [0.717, 1.165) is 42.5 Å². The van der Waals surface area contributed by atoms with Crippen LogP contribution in [-0.4, -0.2) is 40.6 Å². The highest BCUT2D eigenvalue weighted by Crippen LogP contribution is 2.23. The number of carbonyl (C=O) groups is 1. The van der Waals surface area contributed by atoms with E-state index in [1.165, 1.54) is 18.9 Å². The largest absolute Gasteiger partial charge is 0.478 e. The molecule has 128 valence electrons. The number of pyridine rings is 1. The molecule has 1 aromatic carbocycles. The van der Waals surface area contributed by atoms with Gasteiger partial charge in [-0.2, -0.15) is 0 Å². The Kier molecular flexibility index (Phi) is 5.75. The van der Waals surface area contributed by atoms with E-state index in [1.807, 2.05) is 36.4 Å². The van der Waals surface area contributed by atoms with Crippen molar-refractivity contribution in [2.75, 3.05) is 19.6 Å². The van der Waals surface area contributed by atoms with Crippen LogP contribution in [-0.2, 0) is 4.79 Å². The average molecular weight is 334 g/mol. The zero-order chi connectivity index (χ0) is 17.5. The lowest BCUT2D eigenvalue weighted by Crippen LogP contribution is -2.19. The maximum absolute atomic E-state index is 10.7. The van der Waals surface area contributed by atoms with Gasteiger partial charge in [0.1, 0.15) is 0 Å². The summed E-state index contributed by atoms with van der Waals surface area (Å²) in [5, 5.41) is 8.81. The Morgan fingerprint density at radius 1 is 1.08 bits per heavy atom. The van der Waals surface area contributed by atoms with Gasteiger partial charge in [-0.05, 0) is 49.7 Å². The fourth-order valence-electron chi connectivity index (χ4n) is 3.02. The smallest absolute Gasteiger partial charge is 0.328 e. The van der Waals surface area contributed by atoms with Crippen LogP contribution >= 0.6 is 0 Å². The molecule has 1 aliphatic heterocycles. The number of rotatable bonds is 6. The van der Waals surface area contributed by atoms with Crippen LogP contribution in [0.15, 0.2) is 60.7 Å². The number of carboxylic acid groups (broad SMARTS) is 1. The summed E-state index contributed by atoms with van der Waals surface area (Å²) in [6.07, 6.45) is 7.40. The van der Waals surface area contributed by atoms with Crippen LogP contribution < -0.4 is 0 Å². The molecule has 3 rings (SSSR count). The Balaban J connectivity index is 1.92. The van der Waals surface area contributed by atoms with Gasteiger partial charge >= 0.3 is 5.97 Å².